The Balaban J connectivity index is 3.41. The van der Waals surface area contributed by atoms with Crippen LogP contribution in [-0.4, -0.2) is 21.8 Å². The molecule has 0 amide bonds. The Morgan fingerprint density at radius 3 is 1.00 bits per heavy atom. The lowest BCUT2D eigenvalue weighted by Crippen LogP contribution is -2.42. The molecule has 3 heteroatoms. The highest BCUT2D eigenvalue weighted by atomic mass is 28.4. The zero-order valence-electron chi connectivity index (χ0n) is 21.6. The molecule has 0 spiro atoms. The van der Waals surface area contributed by atoms with Crippen molar-refractivity contribution in [1.29, 1.82) is 0 Å². The molecule has 182 valence electrons. The summed E-state index contributed by atoms with van der Waals surface area (Å²) in [5.41, 5.74) is 0. The van der Waals surface area contributed by atoms with Crippen molar-refractivity contribution >= 4 is 8.56 Å². The van der Waals surface area contributed by atoms with Crippen molar-refractivity contribution in [2.45, 2.75) is 162 Å². The summed E-state index contributed by atoms with van der Waals surface area (Å²) in [5, 5.41) is 0. The van der Waals surface area contributed by atoms with Gasteiger partial charge < -0.3 is 8.85 Å². The Labute approximate surface area is 192 Å². The second-order valence-electron chi connectivity index (χ2n) is 9.29. The summed E-state index contributed by atoms with van der Waals surface area (Å²) in [6.45, 7) is 10.4. The Morgan fingerprint density at radius 1 is 0.367 bits per heavy atom. The lowest BCUT2D eigenvalue weighted by atomic mass is 10.0. The van der Waals surface area contributed by atoms with Crippen molar-refractivity contribution < 1.29 is 8.85 Å². The molecule has 30 heavy (non-hydrogen) atoms. The fourth-order valence-corrected chi connectivity index (χ4v) is 8.17. The van der Waals surface area contributed by atoms with E-state index < -0.39 is 8.56 Å². The van der Waals surface area contributed by atoms with E-state index in [1.165, 1.54) is 128 Å². The molecule has 2 nitrogen and oxygen atoms in total. The first-order valence-corrected chi connectivity index (χ1v) is 16.3. The molecule has 0 fully saturated rings. The maximum Gasteiger partial charge on any atom is 0.338 e. The maximum absolute atomic E-state index is 6.16. The van der Waals surface area contributed by atoms with Gasteiger partial charge in [-0.05, 0) is 25.9 Å². The van der Waals surface area contributed by atoms with E-state index in [0.29, 0.717) is 0 Å². The Bertz CT molecular complexity index is 305. The van der Waals surface area contributed by atoms with Crippen LogP contribution in [0.5, 0.6) is 0 Å². The van der Waals surface area contributed by atoms with Gasteiger partial charge in [-0.25, -0.2) is 0 Å². The first-order valence-electron chi connectivity index (χ1n) is 14.0. The fourth-order valence-electron chi connectivity index (χ4n) is 4.66. The van der Waals surface area contributed by atoms with Gasteiger partial charge in [0, 0.05) is 13.2 Å². The summed E-state index contributed by atoms with van der Waals surface area (Å²) in [6.07, 6.45) is 27.0. The molecule has 0 aromatic heterocycles. The molecule has 0 aliphatic carbocycles. The zero-order chi connectivity index (χ0) is 22.2. The smallest absolute Gasteiger partial charge is 0.338 e. The van der Waals surface area contributed by atoms with E-state index >= 15 is 0 Å². The summed E-state index contributed by atoms with van der Waals surface area (Å²) < 4.78 is 12.3. The number of unbranched alkanes of at least 4 members (excludes halogenated alkanes) is 17. The van der Waals surface area contributed by atoms with Crippen LogP contribution in [0.15, 0.2) is 0 Å². The molecule has 0 N–H and O–H groups in total. The second-order valence-corrected chi connectivity index (χ2v) is 12.7. The number of rotatable bonds is 25. The Hall–Kier alpha value is 0.137. The van der Waals surface area contributed by atoms with E-state index in [4.69, 9.17) is 8.85 Å². The molecule has 0 radical (unpaired) electrons. The van der Waals surface area contributed by atoms with E-state index in [2.05, 4.69) is 27.7 Å². The average Bonchev–Trinajstić information content (AvgIpc) is 2.73. The minimum absolute atomic E-state index is 0.811. The first kappa shape index (κ1) is 30.1. The van der Waals surface area contributed by atoms with Crippen LogP contribution in [0.25, 0.3) is 0 Å². The summed E-state index contributed by atoms with van der Waals surface area (Å²) in [7, 11) is -1.91. The largest absolute Gasteiger partial charge is 0.394 e. The SMILES string of the molecule is CCCCCCCCCCCCCCCCCCCC[Si](CCC)(OCC)OCC. The summed E-state index contributed by atoms with van der Waals surface area (Å²) in [5.74, 6) is 0. The third kappa shape index (κ3) is 18.9. The summed E-state index contributed by atoms with van der Waals surface area (Å²) in [4.78, 5) is 0. The first-order chi connectivity index (χ1) is 14.7. The normalized spacial score (nSPS) is 12.0. The van der Waals surface area contributed by atoms with Crippen molar-refractivity contribution in [1.82, 2.24) is 0 Å². The molecular formula is C27H58O2Si. The van der Waals surface area contributed by atoms with E-state index in [9.17, 15) is 0 Å². The van der Waals surface area contributed by atoms with Crippen LogP contribution in [0.1, 0.15) is 150 Å². The second kappa shape index (κ2) is 23.8. The van der Waals surface area contributed by atoms with Gasteiger partial charge in [0.2, 0.25) is 0 Å². The van der Waals surface area contributed by atoms with Crippen LogP contribution in [0.4, 0.5) is 0 Å². The highest BCUT2D eigenvalue weighted by Crippen LogP contribution is 2.25. The number of hydrogen-bond donors (Lipinski definition) is 0. The average molecular weight is 443 g/mol. The van der Waals surface area contributed by atoms with Crippen LogP contribution < -0.4 is 0 Å². The lowest BCUT2D eigenvalue weighted by molar-refractivity contribution is 0.181. The quantitative estimate of drug-likeness (QED) is 0.103. The predicted molar refractivity (Wildman–Crippen MR) is 138 cm³/mol. The maximum atomic E-state index is 6.16. The van der Waals surface area contributed by atoms with Crippen LogP contribution in [0.3, 0.4) is 0 Å². The van der Waals surface area contributed by atoms with E-state index in [0.717, 1.165) is 19.3 Å². The molecule has 0 aromatic carbocycles. The van der Waals surface area contributed by atoms with Gasteiger partial charge in [-0.3, -0.25) is 0 Å². The van der Waals surface area contributed by atoms with Gasteiger partial charge in [0.05, 0.1) is 0 Å². The molecule has 0 unspecified atom stereocenters. The van der Waals surface area contributed by atoms with Gasteiger partial charge >= 0.3 is 8.56 Å². The van der Waals surface area contributed by atoms with Gasteiger partial charge in [0.1, 0.15) is 0 Å². The molecule has 0 atom stereocenters. The molecule has 0 saturated heterocycles. The van der Waals surface area contributed by atoms with Crippen LogP contribution in [0.2, 0.25) is 12.1 Å². The molecule has 0 heterocycles. The summed E-state index contributed by atoms with van der Waals surface area (Å²) in [6, 6.07) is 2.36. The minimum atomic E-state index is -1.91. The van der Waals surface area contributed by atoms with Crippen LogP contribution >= 0.6 is 0 Å². The van der Waals surface area contributed by atoms with Crippen molar-refractivity contribution in [3.05, 3.63) is 0 Å². The van der Waals surface area contributed by atoms with Crippen molar-refractivity contribution in [3.63, 3.8) is 0 Å². The molecule has 0 aliphatic heterocycles. The number of hydrogen-bond acceptors (Lipinski definition) is 2. The third-order valence-corrected chi connectivity index (χ3v) is 10.4. The highest BCUT2D eigenvalue weighted by Gasteiger charge is 2.35. The van der Waals surface area contributed by atoms with Crippen molar-refractivity contribution in [2.24, 2.45) is 0 Å². The Kier molecular flexibility index (Phi) is 23.9. The topological polar surface area (TPSA) is 18.5 Å². The lowest BCUT2D eigenvalue weighted by Gasteiger charge is -2.29. The molecule has 0 aliphatic rings. The standard InChI is InChI=1S/C27H58O2Si/c1-5-9-10-11-12-13-14-15-16-17-18-19-20-21-22-23-24-25-27-30(26-6-2,28-7-3)29-8-4/h5-27H2,1-4H3. The Morgan fingerprint density at radius 2 is 0.700 bits per heavy atom. The fraction of sp³-hybridized carbons (Fsp3) is 1.00. The molecule has 0 bridgehead atoms. The van der Waals surface area contributed by atoms with Gasteiger partial charge in [-0.15, -0.1) is 0 Å². The van der Waals surface area contributed by atoms with Crippen LogP contribution in [0, 0.1) is 0 Å². The van der Waals surface area contributed by atoms with Crippen molar-refractivity contribution in [3.8, 4) is 0 Å². The molecule has 0 aromatic rings. The van der Waals surface area contributed by atoms with Gasteiger partial charge in [0.15, 0.2) is 0 Å². The molecule has 0 saturated carbocycles. The molecule has 0 rings (SSSR count). The third-order valence-electron chi connectivity index (χ3n) is 6.36. The van der Waals surface area contributed by atoms with Crippen molar-refractivity contribution in [2.75, 3.05) is 13.2 Å². The monoisotopic (exact) mass is 442 g/mol. The molecular weight excluding hydrogens is 384 g/mol. The highest BCUT2D eigenvalue weighted by molar-refractivity contribution is 6.67. The van der Waals surface area contributed by atoms with Gasteiger partial charge in [0.25, 0.3) is 0 Å². The van der Waals surface area contributed by atoms with Gasteiger partial charge in [-0.2, -0.15) is 0 Å². The minimum Gasteiger partial charge on any atom is -0.394 e. The van der Waals surface area contributed by atoms with E-state index in [1.807, 2.05) is 0 Å². The van der Waals surface area contributed by atoms with E-state index in [-0.39, 0.29) is 0 Å². The zero-order valence-corrected chi connectivity index (χ0v) is 22.6. The van der Waals surface area contributed by atoms with Crippen LogP contribution in [-0.2, 0) is 8.85 Å². The predicted octanol–water partition coefficient (Wildman–Crippen LogP) is 9.95. The van der Waals surface area contributed by atoms with Gasteiger partial charge in [-0.1, -0.05) is 136 Å². The van der Waals surface area contributed by atoms with E-state index in [1.54, 1.807) is 0 Å². The summed E-state index contributed by atoms with van der Waals surface area (Å²) >= 11 is 0.